The van der Waals surface area contributed by atoms with Gasteiger partial charge in [-0.15, -0.1) is 0 Å². The molecule has 3 rings (SSSR count). The number of hydrogen-bond acceptors (Lipinski definition) is 3. The number of fused-ring (bicyclic) bond motifs is 1. The van der Waals surface area contributed by atoms with E-state index in [0.717, 1.165) is 12.2 Å². The summed E-state index contributed by atoms with van der Waals surface area (Å²) in [5, 5.41) is 9.95. The summed E-state index contributed by atoms with van der Waals surface area (Å²) in [4.78, 5) is 0. The normalized spacial score (nSPS) is 21.9. The summed E-state index contributed by atoms with van der Waals surface area (Å²) in [7, 11) is 1.61. The highest BCUT2D eigenvalue weighted by molar-refractivity contribution is 5.54. The van der Waals surface area contributed by atoms with Crippen LogP contribution in [0.2, 0.25) is 0 Å². The largest absolute Gasteiger partial charge is 0.508 e. The van der Waals surface area contributed by atoms with Gasteiger partial charge in [0.25, 0.3) is 0 Å². The van der Waals surface area contributed by atoms with Gasteiger partial charge in [0.1, 0.15) is 11.5 Å². The van der Waals surface area contributed by atoms with Crippen molar-refractivity contribution in [1.29, 1.82) is 0 Å². The Morgan fingerprint density at radius 3 is 2.35 bits per heavy atom. The number of phenolic OH excluding ortho intramolecular Hbond substituents is 1. The molecule has 122 valence electrons. The van der Waals surface area contributed by atoms with Gasteiger partial charge in [-0.25, -0.2) is 0 Å². The Kier molecular flexibility index (Phi) is 3.85. The SMILES string of the molecule is COCOc1ccc(C2(C)CC(C)(C)c3ccc(O)cc32)cc1. The summed E-state index contributed by atoms with van der Waals surface area (Å²) in [6.07, 6.45) is 1.01. The maximum atomic E-state index is 9.95. The highest BCUT2D eigenvalue weighted by Gasteiger charge is 2.45. The molecule has 23 heavy (non-hydrogen) atoms. The zero-order valence-corrected chi connectivity index (χ0v) is 14.2. The van der Waals surface area contributed by atoms with Crippen LogP contribution in [0.3, 0.4) is 0 Å². The van der Waals surface area contributed by atoms with Gasteiger partial charge in [0, 0.05) is 12.5 Å². The lowest BCUT2D eigenvalue weighted by molar-refractivity contribution is 0.0511. The molecule has 0 radical (unpaired) electrons. The second-order valence-corrected chi connectivity index (χ2v) is 7.20. The van der Waals surface area contributed by atoms with Crippen LogP contribution in [-0.4, -0.2) is 19.0 Å². The fraction of sp³-hybridized carbons (Fsp3) is 0.400. The maximum Gasteiger partial charge on any atom is 0.188 e. The van der Waals surface area contributed by atoms with Crippen LogP contribution in [0.4, 0.5) is 0 Å². The molecule has 1 aliphatic rings. The molecule has 1 atom stereocenters. The standard InChI is InChI=1S/C20H24O3/c1-19(2)12-20(3,18-11-15(21)7-10-17(18)19)14-5-8-16(9-6-14)23-13-22-4/h5-11,21H,12-13H2,1-4H3. The van der Waals surface area contributed by atoms with Crippen LogP contribution in [0, 0.1) is 0 Å². The van der Waals surface area contributed by atoms with Crippen molar-refractivity contribution in [3.05, 3.63) is 59.2 Å². The lowest BCUT2D eigenvalue weighted by Gasteiger charge is -2.28. The van der Waals surface area contributed by atoms with Crippen LogP contribution >= 0.6 is 0 Å². The van der Waals surface area contributed by atoms with Gasteiger partial charge >= 0.3 is 0 Å². The Hall–Kier alpha value is -2.00. The number of rotatable bonds is 4. The van der Waals surface area contributed by atoms with Gasteiger partial charge in [0.2, 0.25) is 0 Å². The van der Waals surface area contributed by atoms with Gasteiger partial charge in [-0.2, -0.15) is 0 Å². The first-order chi connectivity index (χ1) is 10.9. The third-order valence-corrected chi connectivity index (χ3v) is 4.96. The molecule has 0 fully saturated rings. The van der Waals surface area contributed by atoms with Crippen molar-refractivity contribution in [3.8, 4) is 11.5 Å². The number of benzene rings is 2. The Bertz CT molecular complexity index is 703. The first-order valence-electron chi connectivity index (χ1n) is 7.93. The number of hydrogen-bond donors (Lipinski definition) is 1. The molecule has 2 aromatic rings. The zero-order chi connectivity index (χ0) is 16.7. The maximum absolute atomic E-state index is 9.95. The molecule has 0 aliphatic heterocycles. The van der Waals surface area contributed by atoms with Crippen LogP contribution in [0.5, 0.6) is 11.5 Å². The molecule has 1 aliphatic carbocycles. The Morgan fingerprint density at radius 1 is 1.00 bits per heavy atom. The molecule has 0 bridgehead atoms. The van der Waals surface area contributed by atoms with E-state index in [-0.39, 0.29) is 17.6 Å². The number of methoxy groups -OCH3 is 1. The van der Waals surface area contributed by atoms with Crippen LogP contribution in [-0.2, 0) is 15.6 Å². The smallest absolute Gasteiger partial charge is 0.188 e. The van der Waals surface area contributed by atoms with Crippen LogP contribution in [0.1, 0.15) is 43.9 Å². The van der Waals surface area contributed by atoms with Gasteiger partial charge in [0.15, 0.2) is 6.79 Å². The minimum Gasteiger partial charge on any atom is -0.508 e. The highest BCUT2D eigenvalue weighted by Crippen LogP contribution is 2.53. The van der Waals surface area contributed by atoms with Crippen LogP contribution < -0.4 is 4.74 Å². The van der Waals surface area contributed by atoms with Gasteiger partial charge in [0.05, 0.1) is 0 Å². The van der Waals surface area contributed by atoms with Crippen molar-refractivity contribution < 1.29 is 14.6 Å². The van der Waals surface area contributed by atoms with Crippen molar-refractivity contribution in [1.82, 2.24) is 0 Å². The summed E-state index contributed by atoms with van der Waals surface area (Å²) >= 11 is 0. The molecule has 1 unspecified atom stereocenters. The zero-order valence-electron chi connectivity index (χ0n) is 14.2. The quantitative estimate of drug-likeness (QED) is 0.852. The number of ether oxygens (including phenoxy) is 2. The van der Waals surface area contributed by atoms with E-state index in [9.17, 15) is 5.11 Å². The van der Waals surface area contributed by atoms with E-state index >= 15 is 0 Å². The molecular weight excluding hydrogens is 288 g/mol. The highest BCUT2D eigenvalue weighted by atomic mass is 16.7. The van der Waals surface area contributed by atoms with Crippen molar-refractivity contribution in [2.75, 3.05) is 13.9 Å². The average molecular weight is 312 g/mol. The molecule has 1 N–H and O–H groups in total. The van der Waals surface area contributed by atoms with Gasteiger partial charge in [-0.1, -0.05) is 39.0 Å². The molecule has 0 aromatic heterocycles. The summed E-state index contributed by atoms with van der Waals surface area (Å²) in [6.45, 7) is 7.04. The molecular formula is C20H24O3. The molecule has 0 heterocycles. The Labute approximate surface area is 137 Å². The minimum absolute atomic E-state index is 0.0863. The van der Waals surface area contributed by atoms with E-state index in [4.69, 9.17) is 9.47 Å². The van der Waals surface area contributed by atoms with Crippen molar-refractivity contribution >= 4 is 0 Å². The van der Waals surface area contributed by atoms with E-state index in [1.165, 1.54) is 16.7 Å². The first kappa shape index (κ1) is 15.9. The second kappa shape index (κ2) is 5.57. The molecule has 0 saturated heterocycles. The topological polar surface area (TPSA) is 38.7 Å². The molecule has 2 aromatic carbocycles. The third kappa shape index (κ3) is 2.70. The molecule has 0 amide bonds. The molecule has 0 spiro atoms. The minimum atomic E-state index is -0.114. The number of phenols is 1. The van der Waals surface area contributed by atoms with Crippen LogP contribution in [0.25, 0.3) is 0 Å². The predicted molar refractivity (Wildman–Crippen MR) is 91.1 cm³/mol. The third-order valence-electron chi connectivity index (χ3n) is 4.96. The lowest BCUT2D eigenvalue weighted by atomic mass is 9.75. The van der Waals surface area contributed by atoms with E-state index < -0.39 is 0 Å². The summed E-state index contributed by atoms with van der Waals surface area (Å²) in [5.74, 6) is 1.13. The monoisotopic (exact) mass is 312 g/mol. The summed E-state index contributed by atoms with van der Waals surface area (Å²) < 4.78 is 10.4. The molecule has 3 nitrogen and oxygen atoms in total. The van der Waals surface area contributed by atoms with Gasteiger partial charge < -0.3 is 14.6 Å². The molecule has 0 saturated carbocycles. The van der Waals surface area contributed by atoms with E-state index in [1.54, 1.807) is 13.2 Å². The van der Waals surface area contributed by atoms with Crippen LogP contribution in [0.15, 0.2) is 42.5 Å². The second-order valence-electron chi connectivity index (χ2n) is 7.20. The van der Waals surface area contributed by atoms with Crippen molar-refractivity contribution in [2.45, 2.75) is 38.0 Å². The predicted octanol–water partition coefficient (Wildman–Crippen LogP) is 4.36. The van der Waals surface area contributed by atoms with E-state index in [0.29, 0.717) is 5.75 Å². The fourth-order valence-electron chi connectivity index (χ4n) is 3.96. The average Bonchev–Trinajstić information content (AvgIpc) is 2.72. The van der Waals surface area contributed by atoms with Gasteiger partial charge in [-0.3, -0.25) is 0 Å². The van der Waals surface area contributed by atoms with Crippen molar-refractivity contribution in [2.24, 2.45) is 0 Å². The van der Waals surface area contributed by atoms with Crippen molar-refractivity contribution in [3.63, 3.8) is 0 Å². The first-order valence-corrected chi connectivity index (χ1v) is 7.93. The lowest BCUT2D eigenvalue weighted by Crippen LogP contribution is -2.23. The van der Waals surface area contributed by atoms with E-state index in [1.807, 2.05) is 18.2 Å². The van der Waals surface area contributed by atoms with Gasteiger partial charge in [-0.05, 0) is 52.8 Å². The molecule has 3 heteroatoms. The Balaban J connectivity index is 2.01. The van der Waals surface area contributed by atoms with E-state index in [2.05, 4.69) is 39.0 Å². The number of aromatic hydroxyl groups is 1. The summed E-state index contributed by atoms with van der Waals surface area (Å²) in [5.41, 5.74) is 3.74. The Morgan fingerprint density at radius 2 is 1.70 bits per heavy atom. The summed E-state index contributed by atoms with van der Waals surface area (Å²) in [6, 6.07) is 13.9. The fourth-order valence-corrected chi connectivity index (χ4v) is 3.96.